The Balaban J connectivity index is 1.97. The maximum Gasteiger partial charge on any atom is 0.263 e. The number of anilines is 2. The van der Waals surface area contributed by atoms with Gasteiger partial charge in [0.25, 0.3) is 11.5 Å². The van der Waals surface area contributed by atoms with Crippen LogP contribution in [0.3, 0.4) is 0 Å². The van der Waals surface area contributed by atoms with Crippen molar-refractivity contribution in [1.82, 2.24) is 9.55 Å². The average molecular weight is 312 g/mol. The van der Waals surface area contributed by atoms with Gasteiger partial charge in [-0.15, -0.1) is 0 Å². The summed E-state index contributed by atoms with van der Waals surface area (Å²) in [4.78, 5) is 30.8. The van der Waals surface area contributed by atoms with E-state index in [-0.39, 0.29) is 18.0 Å². The van der Waals surface area contributed by atoms with E-state index in [2.05, 4.69) is 4.98 Å². The molecule has 0 unspecified atom stereocenters. The standard InChI is InChI=1S/C16H10ClN3O2/c17-10-5-7-11(8-6-10)20-14(21)9-19-15(22)12-3-1-2-4-13(12)18-16(19)20/h1-8H,9H2. The van der Waals surface area contributed by atoms with Gasteiger partial charge in [-0.2, -0.15) is 0 Å². The molecule has 1 aliphatic rings. The van der Waals surface area contributed by atoms with Gasteiger partial charge in [0.05, 0.1) is 16.6 Å². The van der Waals surface area contributed by atoms with Crippen LogP contribution in [0.4, 0.5) is 11.6 Å². The Labute approximate surface area is 130 Å². The number of amides is 1. The fourth-order valence-electron chi connectivity index (χ4n) is 2.64. The number of para-hydroxylation sites is 1. The number of hydrogen-bond donors (Lipinski definition) is 0. The minimum absolute atomic E-state index is 0.00533. The number of carbonyl (C=O) groups excluding carboxylic acids is 1. The molecular weight excluding hydrogens is 302 g/mol. The number of carbonyl (C=O) groups is 1. The molecule has 108 valence electrons. The fraction of sp³-hybridized carbons (Fsp3) is 0.0625. The van der Waals surface area contributed by atoms with Crippen molar-refractivity contribution in [2.24, 2.45) is 0 Å². The lowest BCUT2D eigenvalue weighted by molar-refractivity contribution is -0.117. The molecule has 0 atom stereocenters. The Hall–Kier alpha value is -2.66. The second-order valence-corrected chi connectivity index (χ2v) is 5.46. The molecule has 0 aliphatic carbocycles. The highest BCUT2D eigenvalue weighted by Crippen LogP contribution is 2.30. The second kappa shape index (κ2) is 4.68. The SMILES string of the molecule is O=C1Cn2c(nc3ccccc3c2=O)N1c1ccc(Cl)cc1. The molecule has 2 heterocycles. The van der Waals surface area contributed by atoms with Crippen molar-refractivity contribution in [1.29, 1.82) is 0 Å². The molecular formula is C16H10ClN3O2. The Morgan fingerprint density at radius 2 is 1.73 bits per heavy atom. The average Bonchev–Trinajstić information content (AvgIpc) is 2.85. The van der Waals surface area contributed by atoms with Gasteiger partial charge in [0.1, 0.15) is 6.54 Å². The minimum Gasteiger partial charge on any atom is -0.272 e. The second-order valence-electron chi connectivity index (χ2n) is 5.03. The Bertz CT molecular complexity index is 963. The van der Waals surface area contributed by atoms with Crippen molar-refractivity contribution in [3.05, 3.63) is 63.9 Å². The third-order valence-electron chi connectivity index (χ3n) is 3.67. The van der Waals surface area contributed by atoms with Crippen LogP contribution in [-0.2, 0) is 11.3 Å². The minimum atomic E-state index is -0.203. The summed E-state index contributed by atoms with van der Waals surface area (Å²) < 4.78 is 1.40. The van der Waals surface area contributed by atoms with E-state index in [9.17, 15) is 9.59 Å². The monoisotopic (exact) mass is 311 g/mol. The van der Waals surface area contributed by atoms with Gasteiger partial charge in [0.15, 0.2) is 0 Å². The molecule has 0 spiro atoms. The Kier molecular flexibility index (Phi) is 2.77. The number of fused-ring (bicyclic) bond motifs is 2. The lowest BCUT2D eigenvalue weighted by atomic mass is 10.2. The van der Waals surface area contributed by atoms with Crippen LogP contribution in [0, 0.1) is 0 Å². The fourth-order valence-corrected chi connectivity index (χ4v) is 2.76. The molecule has 6 heteroatoms. The summed E-state index contributed by atoms with van der Waals surface area (Å²) >= 11 is 5.88. The van der Waals surface area contributed by atoms with Gasteiger partial charge < -0.3 is 0 Å². The van der Waals surface area contributed by atoms with Gasteiger partial charge in [-0.3, -0.25) is 14.2 Å². The predicted octanol–water partition coefficient (Wildman–Crippen LogP) is 2.73. The first kappa shape index (κ1) is 13.0. The van der Waals surface area contributed by atoms with Gasteiger partial charge in [-0.1, -0.05) is 23.7 Å². The maximum absolute atomic E-state index is 12.5. The highest BCUT2D eigenvalue weighted by molar-refractivity contribution is 6.30. The van der Waals surface area contributed by atoms with Crippen molar-refractivity contribution in [2.75, 3.05) is 4.90 Å². The third-order valence-corrected chi connectivity index (χ3v) is 3.92. The van der Waals surface area contributed by atoms with Crippen LogP contribution in [-0.4, -0.2) is 15.5 Å². The van der Waals surface area contributed by atoms with Gasteiger partial charge >= 0.3 is 0 Å². The highest BCUT2D eigenvalue weighted by atomic mass is 35.5. The van der Waals surface area contributed by atoms with E-state index < -0.39 is 0 Å². The normalized spacial score (nSPS) is 13.7. The van der Waals surface area contributed by atoms with Crippen molar-refractivity contribution in [3.8, 4) is 0 Å². The van der Waals surface area contributed by atoms with E-state index in [0.29, 0.717) is 27.6 Å². The first-order valence-corrected chi connectivity index (χ1v) is 7.11. The van der Waals surface area contributed by atoms with E-state index in [1.807, 2.05) is 6.07 Å². The van der Waals surface area contributed by atoms with Gasteiger partial charge in [-0.05, 0) is 36.4 Å². The van der Waals surface area contributed by atoms with E-state index in [1.54, 1.807) is 42.5 Å². The third kappa shape index (κ3) is 1.83. The van der Waals surface area contributed by atoms with Crippen molar-refractivity contribution in [2.45, 2.75) is 6.54 Å². The van der Waals surface area contributed by atoms with Gasteiger partial charge in [0, 0.05) is 5.02 Å². The zero-order valence-corrected chi connectivity index (χ0v) is 12.1. The summed E-state index contributed by atoms with van der Waals surface area (Å²) in [5.41, 5.74) is 1.01. The Morgan fingerprint density at radius 1 is 1.00 bits per heavy atom. The molecule has 0 saturated heterocycles. The van der Waals surface area contributed by atoms with E-state index >= 15 is 0 Å². The first-order valence-electron chi connectivity index (χ1n) is 6.73. The van der Waals surface area contributed by atoms with E-state index in [4.69, 9.17) is 11.6 Å². The molecule has 2 aromatic carbocycles. The number of nitrogens with zero attached hydrogens (tertiary/aromatic N) is 3. The van der Waals surface area contributed by atoms with Crippen LogP contribution in [0.15, 0.2) is 53.3 Å². The molecule has 0 bridgehead atoms. The summed E-state index contributed by atoms with van der Waals surface area (Å²) in [5, 5.41) is 1.09. The quantitative estimate of drug-likeness (QED) is 0.694. The van der Waals surface area contributed by atoms with Crippen LogP contribution in [0.2, 0.25) is 5.02 Å². The van der Waals surface area contributed by atoms with Crippen LogP contribution in [0.1, 0.15) is 0 Å². The summed E-state index contributed by atoms with van der Waals surface area (Å²) in [5.74, 6) is 0.151. The molecule has 0 saturated carbocycles. The number of benzene rings is 2. The van der Waals surface area contributed by atoms with Crippen molar-refractivity contribution in [3.63, 3.8) is 0 Å². The number of aromatic nitrogens is 2. The first-order chi connectivity index (χ1) is 10.6. The molecule has 0 radical (unpaired) electrons. The Morgan fingerprint density at radius 3 is 2.50 bits per heavy atom. The molecule has 3 aromatic rings. The summed E-state index contributed by atoms with van der Waals surface area (Å²) in [7, 11) is 0. The predicted molar refractivity (Wildman–Crippen MR) is 84.6 cm³/mol. The van der Waals surface area contributed by atoms with Crippen molar-refractivity contribution >= 4 is 40.0 Å². The van der Waals surface area contributed by atoms with Crippen LogP contribution in [0.5, 0.6) is 0 Å². The summed E-state index contributed by atoms with van der Waals surface area (Å²) in [6.07, 6.45) is 0. The number of rotatable bonds is 1. The highest BCUT2D eigenvalue weighted by Gasteiger charge is 2.31. The molecule has 1 aromatic heterocycles. The molecule has 1 aliphatic heterocycles. The topological polar surface area (TPSA) is 55.2 Å². The largest absolute Gasteiger partial charge is 0.272 e. The lowest BCUT2D eigenvalue weighted by Crippen LogP contribution is -2.21. The number of halogens is 1. The molecule has 0 fully saturated rings. The molecule has 22 heavy (non-hydrogen) atoms. The zero-order chi connectivity index (χ0) is 15.3. The smallest absolute Gasteiger partial charge is 0.263 e. The summed E-state index contributed by atoms with van der Waals surface area (Å²) in [6.45, 7) is -0.00533. The molecule has 1 amide bonds. The molecule has 4 rings (SSSR count). The van der Waals surface area contributed by atoms with Crippen LogP contribution in [0.25, 0.3) is 10.9 Å². The molecule has 0 N–H and O–H groups in total. The van der Waals surface area contributed by atoms with Crippen molar-refractivity contribution < 1.29 is 4.79 Å². The van der Waals surface area contributed by atoms with Gasteiger partial charge in [0.2, 0.25) is 5.95 Å². The van der Waals surface area contributed by atoms with Crippen LogP contribution >= 0.6 is 11.6 Å². The van der Waals surface area contributed by atoms with E-state index in [0.717, 1.165) is 0 Å². The van der Waals surface area contributed by atoms with Crippen LogP contribution < -0.4 is 10.5 Å². The zero-order valence-electron chi connectivity index (χ0n) is 11.4. The number of hydrogen-bond acceptors (Lipinski definition) is 3. The summed E-state index contributed by atoms with van der Waals surface area (Å²) in [6, 6.07) is 13.9. The maximum atomic E-state index is 12.5. The molecule has 5 nitrogen and oxygen atoms in total. The van der Waals surface area contributed by atoms with E-state index in [1.165, 1.54) is 9.47 Å². The van der Waals surface area contributed by atoms with Gasteiger partial charge in [-0.25, -0.2) is 9.88 Å². The lowest BCUT2D eigenvalue weighted by Gasteiger charge is -2.15.